The highest BCUT2D eigenvalue weighted by Gasteiger charge is 2.07. The van der Waals surface area contributed by atoms with E-state index in [-0.39, 0.29) is 5.69 Å². The van der Waals surface area contributed by atoms with Crippen molar-refractivity contribution in [3.8, 4) is 5.82 Å². The molecule has 15 heavy (non-hydrogen) atoms. The molecule has 0 bridgehead atoms. The second kappa shape index (κ2) is 3.49. The van der Waals surface area contributed by atoms with Crippen LogP contribution in [0.1, 0.15) is 5.82 Å². The van der Waals surface area contributed by atoms with Crippen molar-refractivity contribution in [2.45, 2.75) is 6.92 Å². The van der Waals surface area contributed by atoms with Gasteiger partial charge in [0.15, 0.2) is 0 Å². The van der Waals surface area contributed by atoms with E-state index < -0.39 is 4.92 Å². The lowest BCUT2D eigenvalue weighted by Crippen LogP contribution is -1.99. The van der Waals surface area contributed by atoms with Crippen molar-refractivity contribution < 1.29 is 4.92 Å². The molecule has 76 valence electrons. The van der Waals surface area contributed by atoms with Gasteiger partial charge < -0.3 is 0 Å². The predicted octanol–water partition coefficient (Wildman–Crippen LogP) is 1.48. The van der Waals surface area contributed by atoms with Gasteiger partial charge in [0.2, 0.25) is 0 Å². The van der Waals surface area contributed by atoms with Crippen LogP contribution in [0.5, 0.6) is 0 Å². The first-order chi connectivity index (χ1) is 7.18. The minimum atomic E-state index is -0.475. The van der Waals surface area contributed by atoms with Gasteiger partial charge in [0, 0.05) is 18.5 Å². The smallest absolute Gasteiger partial charge is 0.287 e. The molecule has 0 fully saturated rings. The lowest BCUT2D eigenvalue weighted by atomic mass is 10.4. The number of hydrogen-bond acceptors (Lipinski definition) is 4. The Labute approximate surface area is 85.4 Å². The second-order valence-electron chi connectivity index (χ2n) is 2.98. The highest BCUT2D eigenvalue weighted by atomic mass is 16.6. The first kappa shape index (κ1) is 9.32. The summed E-state index contributed by atoms with van der Waals surface area (Å²) >= 11 is 0. The molecule has 0 amide bonds. The molecule has 0 aliphatic heterocycles. The fourth-order valence-corrected chi connectivity index (χ4v) is 1.25. The number of nitrogens with zero attached hydrogens (tertiary/aromatic N) is 4. The van der Waals surface area contributed by atoms with Gasteiger partial charge in [-0.15, -0.1) is 0 Å². The van der Waals surface area contributed by atoms with Crippen LogP contribution in [0, 0.1) is 17.0 Å². The van der Waals surface area contributed by atoms with Crippen molar-refractivity contribution in [3.63, 3.8) is 0 Å². The third-order valence-electron chi connectivity index (χ3n) is 2.02. The standard InChI is InChI=1S/C9H8N4O2/c1-7-10-4-5-12(7)9-3-2-8(6-11-9)13(14)15/h2-6H,1H3. The molecule has 6 nitrogen and oxygen atoms in total. The van der Waals surface area contributed by atoms with Crippen molar-refractivity contribution in [3.05, 3.63) is 46.7 Å². The van der Waals surface area contributed by atoms with E-state index in [9.17, 15) is 10.1 Å². The third-order valence-corrected chi connectivity index (χ3v) is 2.02. The van der Waals surface area contributed by atoms with Gasteiger partial charge >= 0.3 is 0 Å². The maximum absolute atomic E-state index is 10.4. The fourth-order valence-electron chi connectivity index (χ4n) is 1.25. The first-order valence-corrected chi connectivity index (χ1v) is 4.29. The van der Waals surface area contributed by atoms with Crippen LogP contribution < -0.4 is 0 Å². The summed E-state index contributed by atoms with van der Waals surface area (Å²) in [4.78, 5) is 18.0. The molecule has 0 radical (unpaired) electrons. The van der Waals surface area contributed by atoms with E-state index in [2.05, 4.69) is 9.97 Å². The Balaban J connectivity index is 2.40. The van der Waals surface area contributed by atoms with E-state index in [0.29, 0.717) is 5.82 Å². The van der Waals surface area contributed by atoms with E-state index in [4.69, 9.17) is 0 Å². The molecule has 2 aromatic heterocycles. The highest BCUT2D eigenvalue weighted by Crippen LogP contribution is 2.12. The Morgan fingerprint density at radius 1 is 1.40 bits per heavy atom. The van der Waals surface area contributed by atoms with Crippen LogP contribution in [0.4, 0.5) is 5.69 Å². The number of pyridine rings is 1. The summed E-state index contributed by atoms with van der Waals surface area (Å²) in [5.41, 5.74) is -0.0171. The summed E-state index contributed by atoms with van der Waals surface area (Å²) in [6, 6.07) is 3.01. The monoisotopic (exact) mass is 204 g/mol. The van der Waals surface area contributed by atoms with E-state index >= 15 is 0 Å². The summed E-state index contributed by atoms with van der Waals surface area (Å²) < 4.78 is 1.75. The molecular formula is C9H8N4O2. The second-order valence-corrected chi connectivity index (χ2v) is 2.98. The van der Waals surface area contributed by atoms with Gasteiger partial charge in [0.25, 0.3) is 5.69 Å². The van der Waals surface area contributed by atoms with Crippen molar-refractivity contribution in [1.29, 1.82) is 0 Å². The normalized spacial score (nSPS) is 10.2. The Morgan fingerprint density at radius 3 is 2.67 bits per heavy atom. The molecule has 0 saturated carbocycles. The minimum Gasteiger partial charge on any atom is -0.288 e. The molecule has 0 saturated heterocycles. The van der Waals surface area contributed by atoms with Crippen LogP contribution in [0.15, 0.2) is 30.7 Å². The first-order valence-electron chi connectivity index (χ1n) is 4.29. The fraction of sp³-hybridized carbons (Fsp3) is 0.111. The van der Waals surface area contributed by atoms with E-state index in [1.54, 1.807) is 23.0 Å². The van der Waals surface area contributed by atoms with E-state index in [0.717, 1.165) is 5.82 Å². The number of aryl methyl sites for hydroxylation is 1. The van der Waals surface area contributed by atoms with Crippen molar-refractivity contribution in [2.24, 2.45) is 0 Å². The zero-order valence-electron chi connectivity index (χ0n) is 7.99. The van der Waals surface area contributed by atoms with Gasteiger partial charge in [0.1, 0.15) is 17.8 Å². The largest absolute Gasteiger partial charge is 0.288 e. The van der Waals surface area contributed by atoms with Crippen LogP contribution in [0.3, 0.4) is 0 Å². The van der Waals surface area contributed by atoms with Crippen LogP contribution in [0.2, 0.25) is 0 Å². The molecule has 0 aromatic carbocycles. The van der Waals surface area contributed by atoms with Crippen LogP contribution in [-0.2, 0) is 0 Å². The lowest BCUT2D eigenvalue weighted by Gasteiger charge is -2.02. The number of rotatable bonds is 2. The van der Waals surface area contributed by atoms with Gasteiger partial charge in [-0.1, -0.05) is 0 Å². The summed E-state index contributed by atoms with van der Waals surface area (Å²) in [6.07, 6.45) is 4.64. The highest BCUT2D eigenvalue weighted by molar-refractivity contribution is 5.33. The van der Waals surface area contributed by atoms with Gasteiger partial charge in [-0.3, -0.25) is 14.7 Å². The van der Waals surface area contributed by atoms with E-state index in [1.807, 2.05) is 6.92 Å². The number of aromatic nitrogens is 3. The topological polar surface area (TPSA) is 73.8 Å². The van der Waals surface area contributed by atoms with Crippen molar-refractivity contribution in [1.82, 2.24) is 14.5 Å². The molecule has 0 aliphatic carbocycles. The van der Waals surface area contributed by atoms with Crippen LogP contribution in [0.25, 0.3) is 5.82 Å². The minimum absolute atomic E-state index is 0.0171. The van der Waals surface area contributed by atoms with Gasteiger partial charge in [-0.25, -0.2) is 9.97 Å². The summed E-state index contributed by atoms with van der Waals surface area (Å²) in [6.45, 7) is 1.84. The Hall–Kier alpha value is -2.24. The van der Waals surface area contributed by atoms with E-state index in [1.165, 1.54) is 12.3 Å². The molecule has 0 aliphatic rings. The quantitative estimate of drug-likeness (QED) is 0.548. The molecule has 2 heterocycles. The van der Waals surface area contributed by atoms with Crippen molar-refractivity contribution in [2.75, 3.05) is 0 Å². The molecule has 0 N–H and O–H groups in total. The van der Waals surface area contributed by atoms with Crippen LogP contribution in [-0.4, -0.2) is 19.5 Å². The average molecular weight is 204 g/mol. The third kappa shape index (κ3) is 1.69. The number of nitro groups is 1. The predicted molar refractivity (Wildman–Crippen MR) is 52.8 cm³/mol. The molecule has 0 unspecified atom stereocenters. The average Bonchev–Trinajstić information content (AvgIpc) is 2.65. The SMILES string of the molecule is Cc1nccn1-c1ccc([N+](=O)[O-])cn1. The Morgan fingerprint density at radius 2 is 2.20 bits per heavy atom. The van der Waals surface area contributed by atoms with Gasteiger partial charge in [0.05, 0.1) is 4.92 Å². The zero-order valence-corrected chi connectivity index (χ0v) is 7.99. The molecule has 2 rings (SSSR count). The maximum Gasteiger partial charge on any atom is 0.287 e. The summed E-state index contributed by atoms with van der Waals surface area (Å²) in [7, 11) is 0. The molecular weight excluding hydrogens is 196 g/mol. The number of hydrogen-bond donors (Lipinski definition) is 0. The van der Waals surface area contributed by atoms with Gasteiger partial charge in [-0.05, 0) is 13.0 Å². The maximum atomic E-state index is 10.4. The molecule has 6 heteroatoms. The zero-order chi connectivity index (χ0) is 10.8. The summed E-state index contributed by atoms with van der Waals surface area (Å²) in [5, 5.41) is 10.4. The van der Waals surface area contributed by atoms with Gasteiger partial charge in [-0.2, -0.15) is 0 Å². The lowest BCUT2D eigenvalue weighted by molar-refractivity contribution is -0.385. The van der Waals surface area contributed by atoms with Crippen LogP contribution >= 0.6 is 0 Å². The van der Waals surface area contributed by atoms with Crippen molar-refractivity contribution >= 4 is 5.69 Å². The Kier molecular flexibility index (Phi) is 2.17. The number of imidazole rings is 1. The molecule has 2 aromatic rings. The Bertz CT molecular complexity index is 489. The summed E-state index contributed by atoms with van der Waals surface area (Å²) in [5.74, 6) is 1.41. The molecule has 0 spiro atoms. The molecule has 0 atom stereocenters.